The zero-order valence-electron chi connectivity index (χ0n) is 13.2. The Bertz CT molecular complexity index is 483. The van der Waals surface area contributed by atoms with Crippen molar-refractivity contribution in [3.05, 3.63) is 34.9 Å². The first-order valence-electron chi connectivity index (χ1n) is 7.97. The highest BCUT2D eigenvalue weighted by atomic mass is 35.5. The Morgan fingerprint density at radius 2 is 2.23 bits per heavy atom. The number of carbonyl (C=O) groups is 1. The Hall–Kier alpha value is -0.710. The van der Waals surface area contributed by atoms with Gasteiger partial charge in [-0.1, -0.05) is 36.2 Å². The van der Waals surface area contributed by atoms with Crippen molar-refractivity contribution in [2.24, 2.45) is 0 Å². The van der Waals surface area contributed by atoms with Crippen LogP contribution in [0.1, 0.15) is 31.2 Å². The van der Waals surface area contributed by atoms with Gasteiger partial charge in [-0.05, 0) is 50.2 Å². The molecule has 1 fully saturated rings. The lowest BCUT2D eigenvalue weighted by atomic mass is 10.0. The number of hydrogen-bond acceptors (Lipinski definition) is 3. The number of rotatable bonds is 7. The number of likely N-dealkylation sites (N-methyl/N-ethyl adjacent to an activating group) is 1. The largest absolute Gasteiger partial charge is 0.355 e. The van der Waals surface area contributed by atoms with Gasteiger partial charge in [0, 0.05) is 17.3 Å². The van der Waals surface area contributed by atoms with Gasteiger partial charge in [0.25, 0.3) is 0 Å². The van der Waals surface area contributed by atoms with Crippen molar-refractivity contribution in [3.8, 4) is 0 Å². The number of nitrogens with one attached hydrogen (secondary N) is 1. The molecule has 1 aliphatic rings. The van der Waals surface area contributed by atoms with Crippen molar-refractivity contribution in [1.82, 2.24) is 10.2 Å². The minimum absolute atomic E-state index is 0.0736. The van der Waals surface area contributed by atoms with Gasteiger partial charge < -0.3 is 5.32 Å². The van der Waals surface area contributed by atoms with Crippen molar-refractivity contribution >= 4 is 29.3 Å². The van der Waals surface area contributed by atoms with E-state index in [9.17, 15) is 4.79 Å². The van der Waals surface area contributed by atoms with E-state index in [1.54, 1.807) is 0 Å². The van der Waals surface area contributed by atoms with Gasteiger partial charge in [-0.3, -0.25) is 9.69 Å². The van der Waals surface area contributed by atoms with Crippen LogP contribution in [0.4, 0.5) is 0 Å². The third-order valence-corrected chi connectivity index (χ3v) is 5.51. The quantitative estimate of drug-likeness (QED) is 0.770. The van der Waals surface area contributed by atoms with E-state index in [0.717, 1.165) is 48.9 Å². The molecule has 0 aliphatic carbocycles. The van der Waals surface area contributed by atoms with Crippen LogP contribution in [0.2, 0.25) is 5.02 Å². The molecule has 1 aliphatic heterocycles. The normalized spacial score (nSPS) is 19.1. The second-order valence-corrected chi connectivity index (χ2v) is 7.29. The first kappa shape index (κ1) is 17.6. The van der Waals surface area contributed by atoms with Crippen LogP contribution in [0.5, 0.6) is 0 Å². The summed E-state index contributed by atoms with van der Waals surface area (Å²) in [6.45, 7) is 1.80. The molecule has 0 radical (unpaired) electrons. The predicted molar refractivity (Wildman–Crippen MR) is 95.5 cm³/mol. The molecule has 1 heterocycles. The molecule has 1 saturated heterocycles. The number of carbonyl (C=O) groups excluding carboxylic acids is 1. The van der Waals surface area contributed by atoms with Gasteiger partial charge in [-0.25, -0.2) is 0 Å². The van der Waals surface area contributed by atoms with Crippen molar-refractivity contribution in [2.45, 2.75) is 37.5 Å². The van der Waals surface area contributed by atoms with Crippen LogP contribution in [0, 0.1) is 0 Å². The van der Waals surface area contributed by atoms with Gasteiger partial charge >= 0.3 is 0 Å². The smallest absolute Gasteiger partial charge is 0.237 e. The Morgan fingerprint density at radius 3 is 3.00 bits per heavy atom. The molecule has 5 heteroatoms. The number of likely N-dealkylation sites (tertiary alicyclic amines) is 1. The highest BCUT2D eigenvalue weighted by Gasteiger charge is 2.25. The van der Waals surface area contributed by atoms with Gasteiger partial charge in [0.2, 0.25) is 5.91 Å². The second kappa shape index (κ2) is 9.43. The third kappa shape index (κ3) is 5.49. The highest BCUT2D eigenvalue weighted by Crippen LogP contribution is 2.21. The third-order valence-electron chi connectivity index (χ3n) is 4.05. The molecule has 1 unspecified atom stereocenters. The van der Waals surface area contributed by atoms with Crippen molar-refractivity contribution in [1.29, 1.82) is 0 Å². The van der Waals surface area contributed by atoms with Crippen molar-refractivity contribution in [2.75, 3.05) is 25.9 Å². The SMILES string of the molecule is CN1CCCCC1C(=O)NCCCSCc1ccccc1Cl. The monoisotopic (exact) mass is 340 g/mol. The minimum atomic E-state index is 0.0736. The molecule has 1 aromatic carbocycles. The first-order valence-corrected chi connectivity index (χ1v) is 9.51. The lowest BCUT2D eigenvalue weighted by molar-refractivity contribution is -0.126. The number of halogens is 1. The zero-order chi connectivity index (χ0) is 15.8. The maximum Gasteiger partial charge on any atom is 0.237 e. The van der Waals surface area contributed by atoms with Crippen molar-refractivity contribution in [3.63, 3.8) is 0 Å². The molecule has 1 amide bonds. The van der Waals surface area contributed by atoms with E-state index >= 15 is 0 Å². The minimum Gasteiger partial charge on any atom is -0.355 e. The summed E-state index contributed by atoms with van der Waals surface area (Å²) in [5.74, 6) is 2.16. The van der Waals surface area contributed by atoms with E-state index in [4.69, 9.17) is 11.6 Å². The predicted octanol–water partition coefficient (Wildman–Crippen LogP) is 3.56. The molecule has 1 atom stereocenters. The van der Waals surface area contributed by atoms with E-state index in [1.807, 2.05) is 37.0 Å². The first-order chi connectivity index (χ1) is 10.7. The lowest BCUT2D eigenvalue weighted by Crippen LogP contribution is -2.47. The second-order valence-electron chi connectivity index (χ2n) is 5.78. The maximum atomic E-state index is 12.1. The summed E-state index contributed by atoms with van der Waals surface area (Å²) in [6, 6.07) is 8.04. The average molecular weight is 341 g/mol. The van der Waals surface area contributed by atoms with Crippen LogP contribution < -0.4 is 5.32 Å². The van der Waals surface area contributed by atoms with Crippen molar-refractivity contribution < 1.29 is 4.79 Å². The highest BCUT2D eigenvalue weighted by molar-refractivity contribution is 7.98. The Kier molecular flexibility index (Phi) is 7.56. The molecule has 1 aromatic rings. The number of hydrogen-bond donors (Lipinski definition) is 1. The Morgan fingerprint density at radius 1 is 1.41 bits per heavy atom. The number of thioether (sulfide) groups is 1. The summed E-state index contributed by atoms with van der Waals surface area (Å²) in [5.41, 5.74) is 1.18. The summed E-state index contributed by atoms with van der Waals surface area (Å²) in [7, 11) is 2.04. The van der Waals surface area contributed by atoms with Crippen LogP contribution >= 0.6 is 23.4 Å². The van der Waals surface area contributed by atoms with E-state index in [2.05, 4.69) is 16.3 Å². The summed E-state index contributed by atoms with van der Waals surface area (Å²) >= 11 is 7.99. The van der Waals surface area contributed by atoms with Crippen LogP contribution in [0.3, 0.4) is 0 Å². The summed E-state index contributed by atoms with van der Waals surface area (Å²) in [5, 5.41) is 3.91. The number of nitrogens with zero attached hydrogens (tertiary/aromatic N) is 1. The standard InChI is InChI=1S/C17H25ClN2OS/c1-20-11-5-4-9-16(20)17(21)19-10-6-12-22-13-14-7-2-3-8-15(14)18/h2-3,7-8,16H,4-6,9-13H2,1H3,(H,19,21). The molecule has 122 valence electrons. The molecular weight excluding hydrogens is 316 g/mol. The van der Waals surface area contributed by atoms with E-state index < -0.39 is 0 Å². The average Bonchev–Trinajstić information content (AvgIpc) is 2.52. The van der Waals surface area contributed by atoms with Crippen LogP contribution in [-0.2, 0) is 10.5 Å². The van der Waals surface area contributed by atoms with Gasteiger partial charge in [0.05, 0.1) is 6.04 Å². The summed E-state index contributed by atoms with van der Waals surface area (Å²) in [6.07, 6.45) is 4.36. The molecule has 0 aromatic heterocycles. The molecular formula is C17H25ClN2OS. The van der Waals surface area contributed by atoms with Crippen LogP contribution in [0.15, 0.2) is 24.3 Å². The number of piperidine rings is 1. The number of amides is 1. The fourth-order valence-electron chi connectivity index (χ4n) is 2.71. The molecule has 0 saturated carbocycles. The summed E-state index contributed by atoms with van der Waals surface area (Å²) < 4.78 is 0. The van der Waals surface area contributed by atoms with E-state index in [1.165, 1.54) is 12.0 Å². The maximum absolute atomic E-state index is 12.1. The molecule has 0 spiro atoms. The van der Waals surface area contributed by atoms with Crippen LogP contribution in [0.25, 0.3) is 0 Å². The molecule has 0 bridgehead atoms. The van der Waals surface area contributed by atoms with Crippen LogP contribution in [-0.4, -0.2) is 42.7 Å². The molecule has 22 heavy (non-hydrogen) atoms. The zero-order valence-corrected chi connectivity index (χ0v) is 14.8. The van der Waals surface area contributed by atoms with E-state index in [0.29, 0.717) is 0 Å². The van der Waals surface area contributed by atoms with E-state index in [-0.39, 0.29) is 11.9 Å². The Labute approximate surface area is 142 Å². The fraction of sp³-hybridized carbons (Fsp3) is 0.588. The Balaban J connectivity index is 1.57. The lowest BCUT2D eigenvalue weighted by Gasteiger charge is -2.31. The fourth-order valence-corrected chi connectivity index (χ4v) is 3.95. The molecule has 3 nitrogen and oxygen atoms in total. The van der Waals surface area contributed by atoms with Gasteiger partial charge in [0.15, 0.2) is 0 Å². The molecule has 1 N–H and O–H groups in total. The summed E-state index contributed by atoms with van der Waals surface area (Å²) in [4.78, 5) is 14.3. The molecule has 2 rings (SSSR count). The van der Waals surface area contributed by atoms with Gasteiger partial charge in [-0.2, -0.15) is 11.8 Å². The number of benzene rings is 1. The van der Waals surface area contributed by atoms with Gasteiger partial charge in [-0.15, -0.1) is 0 Å². The topological polar surface area (TPSA) is 32.3 Å². The van der Waals surface area contributed by atoms with Gasteiger partial charge in [0.1, 0.15) is 0 Å².